The maximum Gasteiger partial charge on any atom is 0.224 e. The molecule has 3 aromatic rings. The molecule has 0 fully saturated rings. The number of fused-ring (bicyclic) bond motifs is 3. The first-order chi connectivity index (χ1) is 11.2. The van der Waals surface area contributed by atoms with Gasteiger partial charge in [0.1, 0.15) is 6.04 Å². The average Bonchev–Trinajstić information content (AvgIpc) is 3.02. The van der Waals surface area contributed by atoms with E-state index >= 15 is 0 Å². The topological polar surface area (TPSA) is 25.2 Å². The quantitative estimate of drug-likeness (QED) is 0.660. The van der Waals surface area contributed by atoms with Gasteiger partial charge in [-0.1, -0.05) is 42.0 Å². The molecule has 1 aromatic heterocycles. The second-order valence-corrected chi connectivity index (χ2v) is 6.00. The smallest absolute Gasteiger partial charge is 0.224 e. The van der Waals surface area contributed by atoms with Gasteiger partial charge in [0, 0.05) is 13.1 Å². The van der Waals surface area contributed by atoms with Gasteiger partial charge in [0.05, 0.1) is 17.1 Å². The average molecular weight is 302 g/mol. The van der Waals surface area contributed by atoms with Gasteiger partial charge in [-0.05, 0) is 36.8 Å². The summed E-state index contributed by atoms with van der Waals surface area (Å²) >= 11 is 0. The molecule has 23 heavy (non-hydrogen) atoms. The lowest BCUT2D eigenvalue weighted by atomic mass is 9.96. The highest BCUT2D eigenvalue weighted by Gasteiger charge is 2.34. The molecule has 1 aliphatic heterocycles. The highest BCUT2D eigenvalue weighted by molar-refractivity contribution is 5.96. The standard InChI is InChI=1S/C20H18N2O/c1-14-7-5-8-16(13-14)20-19-11-6-12-21(19)17-9-3-4-10-18(17)22(20)15(2)23/h3-13,20H,1-2H3. The zero-order valence-electron chi connectivity index (χ0n) is 13.2. The number of benzene rings is 2. The van der Waals surface area contributed by atoms with Crippen LogP contribution in [0.4, 0.5) is 5.69 Å². The first-order valence-corrected chi connectivity index (χ1v) is 7.80. The highest BCUT2D eigenvalue weighted by Crippen LogP contribution is 2.42. The third kappa shape index (κ3) is 2.08. The largest absolute Gasteiger partial charge is 0.316 e. The van der Waals surface area contributed by atoms with Crippen molar-refractivity contribution < 1.29 is 4.79 Å². The molecule has 3 heteroatoms. The fraction of sp³-hybridized carbons (Fsp3) is 0.150. The maximum atomic E-state index is 12.5. The molecule has 114 valence electrons. The van der Waals surface area contributed by atoms with Crippen molar-refractivity contribution in [3.63, 3.8) is 0 Å². The molecule has 1 unspecified atom stereocenters. The van der Waals surface area contributed by atoms with E-state index in [1.54, 1.807) is 6.92 Å². The van der Waals surface area contributed by atoms with Crippen LogP contribution in [-0.2, 0) is 4.79 Å². The summed E-state index contributed by atoms with van der Waals surface area (Å²) in [5.74, 6) is 0.0522. The summed E-state index contributed by atoms with van der Waals surface area (Å²) in [7, 11) is 0. The Hall–Kier alpha value is -2.81. The van der Waals surface area contributed by atoms with Gasteiger partial charge in [0.2, 0.25) is 5.91 Å². The van der Waals surface area contributed by atoms with Gasteiger partial charge in [0.25, 0.3) is 0 Å². The van der Waals surface area contributed by atoms with Crippen molar-refractivity contribution in [2.75, 3.05) is 4.90 Å². The predicted octanol–water partition coefficient (Wildman–Crippen LogP) is 4.24. The van der Waals surface area contributed by atoms with Gasteiger partial charge in [-0.2, -0.15) is 0 Å². The summed E-state index contributed by atoms with van der Waals surface area (Å²) in [6, 6.07) is 20.5. The molecule has 0 N–H and O–H groups in total. The Morgan fingerprint density at radius 1 is 0.957 bits per heavy atom. The number of hydrogen-bond donors (Lipinski definition) is 0. The summed E-state index contributed by atoms with van der Waals surface area (Å²) in [6.07, 6.45) is 2.06. The molecule has 0 aliphatic carbocycles. The van der Waals surface area contributed by atoms with Gasteiger partial charge in [-0.15, -0.1) is 0 Å². The minimum Gasteiger partial charge on any atom is -0.316 e. The first kappa shape index (κ1) is 13.8. The molecule has 0 spiro atoms. The monoisotopic (exact) mass is 302 g/mol. The zero-order chi connectivity index (χ0) is 16.0. The SMILES string of the molecule is CC(=O)N1c2ccccc2-n2cccc2C1c1cccc(C)c1. The summed E-state index contributed by atoms with van der Waals surface area (Å²) in [4.78, 5) is 14.4. The number of aryl methyl sites for hydroxylation is 1. The molecule has 0 saturated carbocycles. The number of anilines is 1. The van der Waals surface area contributed by atoms with Crippen LogP contribution < -0.4 is 4.90 Å². The molecule has 0 bridgehead atoms. The van der Waals surface area contributed by atoms with Gasteiger partial charge in [-0.3, -0.25) is 9.69 Å². The van der Waals surface area contributed by atoms with Gasteiger partial charge < -0.3 is 4.57 Å². The molecule has 1 atom stereocenters. The Kier molecular flexibility index (Phi) is 3.08. The highest BCUT2D eigenvalue weighted by atomic mass is 16.2. The molecule has 1 aliphatic rings. The lowest BCUT2D eigenvalue weighted by Gasteiger charge is -2.38. The number of carbonyl (C=O) groups is 1. The van der Waals surface area contributed by atoms with Crippen molar-refractivity contribution in [1.82, 2.24) is 4.57 Å². The fourth-order valence-electron chi connectivity index (χ4n) is 3.49. The minimum atomic E-state index is -0.0997. The normalized spacial score (nSPS) is 15.9. The minimum absolute atomic E-state index is 0.0522. The number of hydrogen-bond acceptors (Lipinski definition) is 1. The number of rotatable bonds is 1. The molecule has 1 amide bonds. The Balaban J connectivity index is 2.00. The van der Waals surface area contributed by atoms with E-state index in [0.717, 1.165) is 22.6 Å². The third-order valence-corrected chi connectivity index (χ3v) is 4.42. The molecule has 3 nitrogen and oxygen atoms in total. The zero-order valence-corrected chi connectivity index (χ0v) is 13.2. The summed E-state index contributed by atoms with van der Waals surface area (Å²) in [6.45, 7) is 3.72. The molecule has 0 radical (unpaired) electrons. The third-order valence-electron chi connectivity index (χ3n) is 4.42. The van der Waals surface area contributed by atoms with Crippen LogP contribution in [0.25, 0.3) is 5.69 Å². The number of aromatic nitrogens is 1. The van der Waals surface area contributed by atoms with E-state index < -0.39 is 0 Å². The number of amides is 1. The lowest BCUT2D eigenvalue weighted by molar-refractivity contribution is -0.117. The second-order valence-electron chi connectivity index (χ2n) is 6.00. The van der Waals surface area contributed by atoms with Crippen molar-refractivity contribution in [2.45, 2.75) is 19.9 Å². The van der Waals surface area contributed by atoms with Crippen LogP contribution in [0.1, 0.15) is 29.8 Å². The van der Waals surface area contributed by atoms with E-state index in [4.69, 9.17) is 0 Å². The molecular formula is C20H18N2O. The van der Waals surface area contributed by atoms with Crippen LogP contribution in [0.3, 0.4) is 0 Å². The molecule has 2 aromatic carbocycles. The van der Waals surface area contributed by atoms with Gasteiger partial charge >= 0.3 is 0 Å². The first-order valence-electron chi connectivity index (χ1n) is 7.80. The van der Waals surface area contributed by atoms with Crippen molar-refractivity contribution >= 4 is 11.6 Å². The van der Waals surface area contributed by atoms with Crippen LogP contribution in [0.15, 0.2) is 66.9 Å². The lowest BCUT2D eigenvalue weighted by Crippen LogP contribution is -2.38. The van der Waals surface area contributed by atoms with Crippen molar-refractivity contribution in [1.29, 1.82) is 0 Å². The molecular weight excluding hydrogens is 284 g/mol. The van der Waals surface area contributed by atoms with E-state index in [2.05, 4.69) is 54.1 Å². The predicted molar refractivity (Wildman–Crippen MR) is 92.0 cm³/mol. The van der Waals surface area contributed by atoms with Crippen LogP contribution in [0, 0.1) is 6.92 Å². The number of nitrogens with zero attached hydrogens (tertiary/aromatic N) is 2. The van der Waals surface area contributed by atoms with Crippen molar-refractivity contribution in [3.8, 4) is 5.69 Å². The van der Waals surface area contributed by atoms with Crippen LogP contribution in [-0.4, -0.2) is 10.5 Å². The van der Waals surface area contributed by atoms with Crippen molar-refractivity contribution in [3.05, 3.63) is 83.7 Å². The summed E-state index contributed by atoms with van der Waals surface area (Å²) < 4.78 is 2.18. The Bertz CT molecular complexity index is 894. The number of carbonyl (C=O) groups excluding carboxylic acids is 1. The Labute approximate surface area is 135 Å². The van der Waals surface area contributed by atoms with E-state index in [-0.39, 0.29) is 11.9 Å². The fourth-order valence-corrected chi connectivity index (χ4v) is 3.49. The van der Waals surface area contributed by atoms with Crippen LogP contribution in [0.2, 0.25) is 0 Å². The molecule has 0 saturated heterocycles. The summed E-state index contributed by atoms with van der Waals surface area (Å²) in [5.41, 5.74) is 5.45. The number of para-hydroxylation sites is 2. The Morgan fingerprint density at radius 3 is 2.48 bits per heavy atom. The van der Waals surface area contributed by atoms with Gasteiger partial charge in [-0.25, -0.2) is 0 Å². The van der Waals surface area contributed by atoms with Crippen molar-refractivity contribution in [2.24, 2.45) is 0 Å². The van der Waals surface area contributed by atoms with Crippen LogP contribution >= 0.6 is 0 Å². The molecule has 4 rings (SSSR count). The Morgan fingerprint density at radius 2 is 1.74 bits per heavy atom. The maximum absolute atomic E-state index is 12.5. The molecule has 2 heterocycles. The van der Waals surface area contributed by atoms with Crippen LogP contribution in [0.5, 0.6) is 0 Å². The van der Waals surface area contributed by atoms with Gasteiger partial charge in [0.15, 0.2) is 0 Å². The van der Waals surface area contributed by atoms with E-state index in [0.29, 0.717) is 0 Å². The second kappa shape index (κ2) is 5.13. The van der Waals surface area contributed by atoms with E-state index in [1.807, 2.05) is 29.2 Å². The van der Waals surface area contributed by atoms with E-state index in [1.165, 1.54) is 5.56 Å². The summed E-state index contributed by atoms with van der Waals surface area (Å²) in [5, 5.41) is 0. The van der Waals surface area contributed by atoms with E-state index in [9.17, 15) is 4.79 Å².